The fourth-order valence-corrected chi connectivity index (χ4v) is 7.24. The normalized spacial score (nSPS) is 56.4. The molecule has 4 saturated heterocycles. The van der Waals surface area contributed by atoms with Gasteiger partial charge in [0.15, 0.2) is 0 Å². The van der Waals surface area contributed by atoms with Gasteiger partial charge < -0.3 is 15.1 Å². The Labute approximate surface area is 130 Å². The Morgan fingerprint density at radius 3 is 2.82 bits per heavy atom. The highest BCUT2D eigenvalue weighted by molar-refractivity contribution is 5.67. The van der Waals surface area contributed by atoms with Crippen LogP contribution in [0.15, 0.2) is 24.3 Å². The molecule has 1 saturated carbocycles. The van der Waals surface area contributed by atoms with E-state index in [4.69, 9.17) is 0 Å². The number of para-hydroxylation sites is 1. The van der Waals surface area contributed by atoms with Crippen LogP contribution in [-0.4, -0.2) is 52.6 Å². The highest BCUT2D eigenvalue weighted by Gasteiger charge is 2.74. The molecule has 5 fully saturated rings. The molecule has 1 aromatic rings. The molecule has 22 heavy (non-hydrogen) atoms. The van der Waals surface area contributed by atoms with Crippen molar-refractivity contribution in [2.75, 3.05) is 11.9 Å². The molecule has 0 aromatic heterocycles. The smallest absolute Gasteiger partial charge is 0.108 e. The van der Waals surface area contributed by atoms with Gasteiger partial charge in [-0.1, -0.05) is 18.2 Å². The van der Waals surface area contributed by atoms with Crippen LogP contribution in [0.4, 0.5) is 5.69 Å². The number of anilines is 1. The molecule has 2 N–H and O–H groups in total. The number of aliphatic hydroxyl groups is 2. The third-order valence-electron chi connectivity index (χ3n) is 7.69. The maximum atomic E-state index is 11.4. The lowest BCUT2D eigenvalue weighted by Crippen LogP contribution is -2.70. The van der Waals surface area contributed by atoms with Crippen molar-refractivity contribution in [3.63, 3.8) is 0 Å². The first-order chi connectivity index (χ1) is 10.6. The van der Waals surface area contributed by atoms with E-state index >= 15 is 0 Å². The number of piperidine rings is 4. The van der Waals surface area contributed by atoms with Gasteiger partial charge >= 0.3 is 0 Å². The van der Waals surface area contributed by atoms with E-state index in [2.05, 4.69) is 41.1 Å². The number of fused-ring (bicyclic) bond motifs is 2. The molecule has 5 bridgehead atoms. The van der Waals surface area contributed by atoms with Gasteiger partial charge in [-0.25, -0.2) is 0 Å². The largest absolute Gasteiger partial charge is 0.392 e. The number of benzene rings is 1. The second-order valence-electron chi connectivity index (χ2n) is 8.13. The Balaban J connectivity index is 1.64. The van der Waals surface area contributed by atoms with Crippen molar-refractivity contribution < 1.29 is 10.2 Å². The summed E-state index contributed by atoms with van der Waals surface area (Å²) in [5, 5.41) is 22.0. The Kier molecular flexibility index (Phi) is 1.98. The standard InChI is InChI=1S/C18H22N2O2/c1-19-11-5-3-2-4-10(11)18-8-13-15(17(18)22)9-6-12(16(18)19)20(13)14(21)7-9/h2-5,9,12-17,21-22H,6-8H2,1H3/t9-,12-,13-,14-,15+,16-,17+,18+/m0/s1. The van der Waals surface area contributed by atoms with Gasteiger partial charge in [-0.15, -0.1) is 0 Å². The molecule has 116 valence electrons. The molecule has 4 nitrogen and oxygen atoms in total. The summed E-state index contributed by atoms with van der Waals surface area (Å²) in [6.07, 6.45) is 2.43. The number of aliphatic hydroxyl groups excluding tert-OH is 2. The minimum absolute atomic E-state index is 0.110. The predicted molar refractivity (Wildman–Crippen MR) is 82.6 cm³/mol. The maximum absolute atomic E-state index is 11.4. The zero-order valence-corrected chi connectivity index (χ0v) is 12.8. The van der Waals surface area contributed by atoms with Crippen LogP contribution in [-0.2, 0) is 5.41 Å². The van der Waals surface area contributed by atoms with E-state index in [0.29, 0.717) is 30.0 Å². The van der Waals surface area contributed by atoms with Crippen LogP contribution < -0.4 is 4.90 Å². The molecule has 7 rings (SSSR count). The average molecular weight is 298 g/mol. The van der Waals surface area contributed by atoms with Crippen LogP contribution in [0.25, 0.3) is 0 Å². The Morgan fingerprint density at radius 2 is 1.95 bits per heavy atom. The minimum atomic E-state index is -0.301. The number of hydrogen-bond acceptors (Lipinski definition) is 4. The third-order valence-corrected chi connectivity index (χ3v) is 7.69. The van der Waals surface area contributed by atoms with E-state index < -0.39 is 0 Å². The van der Waals surface area contributed by atoms with E-state index in [1.54, 1.807) is 0 Å². The highest BCUT2D eigenvalue weighted by Crippen LogP contribution is 2.67. The summed E-state index contributed by atoms with van der Waals surface area (Å²) in [5.74, 6) is 0.847. The van der Waals surface area contributed by atoms with Crippen LogP contribution >= 0.6 is 0 Å². The Hall–Kier alpha value is -1.10. The molecule has 1 spiro atoms. The summed E-state index contributed by atoms with van der Waals surface area (Å²) in [4.78, 5) is 4.77. The van der Waals surface area contributed by atoms with Gasteiger partial charge in [0, 0.05) is 36.2 Å². The second-order valence-corrected chi connectivity index (χ2v) is 8.13. The minimum Gasteiger partial charge on any atom is -0.392 e. The van der Waals surface area contributed by atoms with Gasteiger partial charge in [0.2, 0.25) is 0 Å². The lowest BCUT2D eigenvalue weighted by molar-refractivity contribution is -0.174. The highest BCUT2D eigenvalue weighted by atomic mass is 16.3. The number of nitrogens with zero attached hydrogens (tertiary/aromatic N) is 2. The van der Waals surface area contributed by atoms with Crippen molar-refractivity contribution >= 4 is 5.69 Å². The molecule has 6 aliphatic rings. The van der Waals surface area contributed by atoms with Gasteiger partial charge in [0.05, 0.1) is 12.1 Å². The zero-order valence-electron chi connectivity index (χ0n) is 12.8. The molecule has 4 heteroatoms. The van der Waals surface area contributed by atoms with Crippen LogP contribution in [0.5, 0.6) is 0 Å². The summed E-state index contributed by atoms with van der Waals surface area (Å²) in [5.41, 5.74) is 2.52. The van der Waals surface area contributed by atoms with Crippen LogP contribution in [0, 0.1) is 11.8 Å². The van der Waals surface area contributed by atoms with Gasteiger partial charge in [0.25, 0.3) is 0 Å². The summed E-state index contributed by atoms with van der Waals surface area (Å²) in [7, 11) is 2.18. The van der Waals surface area contributed by atoms with E-state index in [1.165, 1.54) is 11.3 Å². The monoisotopic (exact) mass is 298 g/mol. The Morgan fingerprint density at radius 1 is 1.14 bits per heavy atom. The van der Waals surface area contributed by atoms with E-state index in [9.17, 15) is 10.2 Å². The molecule has 1 aliphatic carbocycles. The third kappa shape index (κ3) is 1.02. The van der Waals surface area contributed by atoms with Crippen molar-refractivity contribution in [2.24, 2.45) is 11.8 Å². The molecule has 1 aromatic carbocycles. The first-order valence-corrected chi connectivity index (χ1v) is 8.60. The molecule has 5 heterocycles. The van der Waals surface area contributed by atoms with Gasteiger partial charge in [-0.2, -0.15) is 0 Å². The lowest BCUT2D eigenvalue weighted by Gasteiger charge is -2.59. The maximum Gasteiger partial charge on any atom is 0.108 e. The van der Waals surface area contributed by atoms with Crippen LogP contribution in [0.2, 0.25) is 0 Å². The molecule has 5 aliphatic heterocycles. The summed E-state index contributed by atoms with van der Waals surface area (Å²) in [6, 6.07) is 9.71. The van der Waals surface area contributed by atoms with Crippen molar-refractivity contribution in [2.45, 2.75) is 55.1 Å². The fourth-order valence-electron chi connectivity index (χ4n) is 7.24. The zero-order chi connectivity index (χ0) is 14.8. The molecule has 0 amide bonds. The Bertz CT molecular complexity index is 679. The first-order valence-electron chi connectivity index (χ1n) is 8.60. The number of hydrogen-bond donors (Lipinski definition) is 2. The van der Waals surface area contributed by atoms with Crippen molar-refractivity contribution in [1.82, 2.24) is 4.90 Å². The summed E-state index contributed by atoms with van der Waals surface area (Å²) < 4.78 is 0. The van der Waals surface area contributed by atoms with Crippen molar-refractivity contribution in [3.05, 3.63) is 29.8 Å². The predicted octanol–water partition coefficient (Wildman–Crippen LogP) is 0.918. The summed E-state index contributed by atoms with van der Waals surface area (Å²) >= 11 is 0. The van der Waals surface area contributed by atoms with Gasteiger partial charge in [-0.05, 0) is 36.8 Å². The fraction of sp³-hybridized carbons (Fsp3) is 0.667. The van der Waals surface area contributed by atoms with E-state index in [-0.39, 0.29) is 17.7 Å². The van der Waals surface area contributed by atoms with E-state index in [0.717, 1.165) is 19.3 Å². The van der Waals surface area contributed by atoms with Gasteiger partial charge in [-0.3, -0.25) is 4.90 Å². The molecular formula is C18H22N2O2. The molecule has 0 radical (unpaired) electrons. The first kappa shape index (κ1) is 12.3. The number of rotatable bonds is 0. The quantitative estimate of drug-likeness (QED) is 0.748. The topological polar surface area (TPSA) is 46.9 Å². The average Bonchev–Trinajstić information content (AvgIpc) is 2.90. The second kappa shape index (κ2) is 3.53. The summed E-state index contributed by atoms with van der Waals surface area (Å²) in [6.45, 7) is 0. The van der Waals surface area contributed by atoms with E-state index in [1.807, 2.05) is 0 Å². The number of likely N-dealkylation sites (N-methyl/N-ethyl adjacent to an activating group) is 1. The molecule has 1 unspecified atom stereocenters. The molecule has 9 atom stereocenters. The SMILES string of the molecule is CN1c2ccccc2[C@]23C[C@H]4[C@@H]([C@@H]5C[C@H](O)N4[C@@H](C5)[C@H]12)[C@H]3O. The van der Waals surface area contributed by atoms with Crippen LogP contribution in [0.3, 0.4) is 0 Å². The lowest BCUT2D eigenvalue weighted by atomic mass is 9.66. The van der Waals surface area contributed by atoms with Crippen LogP contribution in [0.1, 0.15) is 24.8 Å². The van der Waals surface area contributed by atoms with Crippen molar-refractivity contribution in [1.29, 1.82) is 0 Å². The molecular weight excluding hydrogens is 276 g/mol. The van der Waals surface area contributed by atoms with Gasteiger partial charge in [0.1, 0.15) is 6.23 Å². The van der Waals surface area contributed by atoms with Crippen molar-refractivity contribution in [3.8, 4) is 0 Å².